The topological polar surface area (TPSA) is 70.2 Å². The fourth-order valence-electron chi connectivity index (χ4n) is 2.31. The molecule has 3 N–H and O–H groups in total. The largest absolute Gasteiger partial charge is 0.355 e. The van der Waals surface area contributed by atoms with Gasteiger partial charge in [0.05, 0.1) is 5.92 Å². The van der Waals surface area contributed by atoms with E-state index >= 15 is 0 Å². The maximum Gasteiger partial charge on any atom is 0.224 e. The number of carbonyl (C=O) groups is 2. The van der Waals surface area contributed by atoms with Crippen molar-refractivity contribution in [3.05, 3.63) is 29.8 Å². The first-order valence-electron chi connectivity index (χ1n) is 7.00. The molecule has 1 saturated heterocycles. The molecule has 21 heavy (non-hydrogen) atoms. The van der Waals surface area contributed by atoms with Gasteiger partial charge in [-0.15, -0.1) is 12.4 Å². The van der Waals surface area contributed by atoms with Crippen molar-refractivity contribution in [2.75, 3.05) is 25.0 Å². The highest BCUT2D eigenvalue weighted by Crippen LogP contribution is 2.10. The maximum absolute atomic E-state index is 11.8. The number of anilines is 1. The molecule has 0 aromatic heterocycles. The molecule has 6 heteroatoms. The second-order valence-electron chi connectivity index (χ2n) is 5.11. The van der Waals surface area contributed by atoms with E-state index in [1.165, 1.54) is 6.92 Å². The van der Waals surface area contributed by atoms with Gasteiger partial charge >= 0.3 is 0 Å². The van der Waals surface area contributed by atoms with Gasteiger partial charge in [0.15, 0.2) is 0 Å². The van der Waals surface area contributed by atoms with Gasteiger partial charge in [0.25, 0.3) is 0 Å². The van der Waals surface area contributed by atoms with E-state index in [0.717, 1.165) is 37.2 Å². The Kier molecular flexibility index (Phi) is 7.19. The van der Waals surface area contributed by atoms with Crippen molar-refractivity contribution in [1.29, 1.82) is 0 Å². The third kappa shape index (κ3) is 5.73. The van der Waals surface area contributed by atoms with Crippen molar-refractivity contribution in [1.82, 2.24) is 10.6 Å². The van der Waals surface area contributed by atoms with Crippen LogP contribution in [0.1, 0.15) is 18.9 Å². The third-order valence-corrected chi connectivity index (χ3v) is 3.42. The van der Waals surface area contributed by atoms with Crippen LogP contribution in [0.3, 0.4) is 0 Å². The van der Waals surface area contributed by atoms with E-state index in [1.807, 2.05) is 24.3 Å². The van der Waals surface area contributed by atoms with Crippen LogP contribution in [0.2, 0.25) is 0 Å². The van der Waals surface area contributed by atoms with Gasteiger partial charge in [-0.05, 0) is 37.1 Å². The van der Waals surface area contributed by atoms with Crippen LogP contribution >= 0.6 is 12.4 Å². The summed E-state index contributed by atoms with van der Waals surface area (Å²) >= 11 is 0. The van der Waals surface area contributed by atoms with E-state index in [-0.39, 0.29) is 30.1 Å². The first-order chi connectivity index (χ1) is 9.65. The number of amides is 2. The highest BCUT2D eigenvalue weighted by atomic mass is 35.5. The van der Waals surface area contributed by atoms with Gasteiger partial charge in [-0.1, -0.05) is 12.1 Å². The minimum atomic E-state index is -0.0739. The molecule has 0 saturated carbocycles. The zero-order valence-corrected chi connectivity index (χ0v) is 13.0. The van der Waals surface area contributed by atoms with Crippen molar-refractivity contribution < 1.29 is 9.59 Å². The molecule has 1 aliphatic heterocycles. The first kappa shape index (κ1) is 17.5. The summed E-state index contributed by atoms with van der Waals surface area (Å²) in [6.07, 6.45) is 1.73. The van der Waals surface area contributed by atoms with Crippen molar-refractivity contribution in [3.63, 3.8) is 0 Å². The van der Waals surface area contributed by atoms with Crippen LogP contribution < -0.4 is 16.0 Å². The van der Waals surface area contributed by atoms with Gasteiger partial charge in [-0.2, -0.15) is 0 Å². The van der Waals surface area contributed by atoms with Crippen LogP contribution in [-0.2, 0) is 16.0 Å². The summed E-state index contributed by atoms with van der Waals surface area (Å²) in [4.78, 5) is 22.7. The van der Waals surface area contributed by atoms with E-state index in [9.17, 15) is 9.59 Å². The average molecular weight is 312 g/mol. The molecule has 0 bridgehead atoms. The summed E-state index contributed by atoms with van der Waals surface area (Å²) in [5.41, 5.74) is 1.94. The van der Waals surface area contributed by atoms with E-state index in [4.69, 9.17) is 0 Å². The monoisotopic (exact) mass is 311 g/mol. The zero-order valence-electron chi connectivity index (χ0n) is 12.1. The Labute approximate surface area is 131 Å². The predicted molar refractivity (Wildman–Crippen MR) is 85.7 cm³/mol. The predicted octanol–water partition coefficient (Wildman–Crippen LogP) is 1.33. The molecule has 2 amide bonds. The SMILES string of the molecule is CC(=O)Nc1ccc(CCNC(=O)C2CCNC2)cc1.Cl. The van der Waals surface area contributed by atoms with E-state index in [1.54, 1.807) is 0 Å². The summed E-state index contributed by atoms with van der Waals surface area (Å²) in [7, 11) is 0. The lowest BCUT2D eigenvalue weighted by molar-refractivity contribution is -0.124. The van der Waals surface area contributed by atoms with Crippen molar-refractivity contribution in [3.8, 4) is 0 Å². The Hall–Kier alpha value is -1.59. The lowest BCUT2D eigenvalue weighted by Crippen LogP contribution is -2.33. The average Bonchev–Trinajstić information content (AvgIpc) is 2.94. The van der Waals surface area contributed by atoms with Crippen molar-refractivity contribution in [2.24, 2.45) is 5.92 Å². The molecule has 5 nitrogen and oxygen atoms in total. The summed E-state index contributed by atoms with van der Waals surface area (Å²) in [6.45, 7) is 3.86. The number of halogens is 1. The maximum atomic E-state index is 11.8. The molecule has 1 aliphatic rings. The summed E-state index contributed by atoms with van der Waals surface area (Å²) in [5, 5.41) is 8.89. The third-order valence-electron chi connectivity index (χ3n) is 3.42. The number of hydrogen-bond acceptors (Lipinski definition) is 3. The number of nitrogens with one attached hydrogen (secondary N) is 3. The van der Waals surface area contributed by atoms with Crippen molar-refractivity contribution >= 4 is 29.9 Å². The van der Waals surface area contributed by atoms with Crippen LogP contribution in [0, 0.1) is 5.92 Å². The summed E-state index contributed by atoms with van der Waals surface area (Å²) < 4.78 is 0. The molecule has 1 atom stereocenters. The molecule has 1 aromatic carbocycles. The summed E-state index contributed by atoms with van der Waals surface area (Å²) in [6, 6.07) is 7.68. The molecular formula is C15H22ClN3O2. The van der Waals surface area contributed by atoms with Gasteiger partial charge < -0.3 is 16.0 Å². The van der Waals surface area contributed by atoms with E-state index < -0.39 is 0 Å². The smallest absolute Gasteiger partial charge is 0.224 e. The fourth-order valence-corrected chi connectivity index (χ4v) is 2.31. The van der Waals surface area contributed by atoms with Gasteiger partial charge in [-0.25, -0.2) is 0 Å². The highest BCUT2D eigenvalue weighted by molar-refractivity contribution is 5.88. The van der Waals surface area contributed by atoms with Crippen LogP contribution in [0.5, 0.6) is 0 Å². The Bertz CT molecular complexity index is 470. The second-order valence-corrected chi connectivity index (χ2v) is 5.11. The fraction of sp³-hybridized carbons (Fsp3) is 0.467. The number of benzene rings is 1. The molecule has 2 rings (SSSR count). The molecular weight excluding hydrogens is 290 g/mol. The first-order valence-corrected chi connectivity index (χ1v) is 7.00. The standard InChI is InChI=1S/C15H21N3O2.ClH/c1-11(19)18-14-4-2-12(3-5-14)6-9-17-15(20)13-7-8-16-10-13;/h2-5,13,16H,6-10H2,1H3,(H,17,20)(H,18,19);1H. The minimum absolute atomic E-state index is 0. The quantitative estimate of drug-likeness (QED) is 0.768. The molecule has 0 aliphatic carbocycles. The lowest BCUT2D eigenvalue weighted by Gasteiger charge is -2.10. The number of rotatable bonds is 5. The number of hydrogen-bond donors (Lipinski definition) is 3. The Morgan fingerprint density at radius 2 is 2.00 bits per heavy atom. The van der Waals surface area contributed by atoms with Crippen LogP contribution in [0.25, 0.3) is 0 Å². The normalized spacial score (nSPS) is 16.9. The molecule has 0 spiro atoms. The molecule has 1 fully saturated rings. The molecule has 116 valence electrons. The highest BCUT2D eigenvalue weighted by Gasteiger charge is 2.21. The van der Waals surface area contributed by atoms with Gasteiger partial charge in [0.1, 0.15) is 0 Å². The molecule has 1 aromatic rings. The molecule has 0 radical (unpaired) electrons. The number of carbonyl (C=O) groups excluding carboxylic acids is 2. The zero-order chi connectivity index (χ0) is 14.4. The molecule has 1 heterocycles. The van der Waals surface area contributed by atoms with Crippen LogP contribution in [0.15, 0.2) is 24.3 Å². The minimum Gasteiger partial charge on any atom is -0.355 e. The van der Waals surface area contributed by atoms with Gasteiger partial charge in [-0.3, -0.25) is 9.59 Å². The lowest BCUT2D eigenvalue weighted by atomic mass is 10.1. The van der Waals surface area contributed by atoms with Crippen LogP contribution in [-0.4, -0.2) is 31.4 Å². The molecule has 1 unspecified atom stereocenters. The van der Waals surface area contributed by atoms with E-state index in [2.05, 4.69) is 16.0 Å². The van der Waals surface area contributed by atoms with Crippen molar-refractivity contribution in [2.45, 2.75) is 19.8 Å². The summed E-state index contributed by atoms with van der Waals surface area (Å²) in [5.74, 6) is 0.192. The van der Waals surface area contributed by atoms with Crippen LogP contribution in [0.4, 0.5) is 5.69 Å². The van der Waals surface area contributed by atoms with E-state index in [0.29, 0.717) is 6.54 Å². The van der Waals surface area contributed by atoms with Gasteiger partial charge in [0, 0.05) is 25.7 Å². The van der Waals surface area contributed by atoms with Gasteiger partial charge in [0.2, 0.25) is 11.8 Å². The Morgan fingerprint density at radius 3 is 2.57 bits per heavy atom. The Morgan fingerprint density at radius 1 is 1.29 bits per heavy atom. The second kappa shape index (κ2) is 8.64. The Balaban J connectivity index is 0.00000220.